The fourth-order valence-electron chi connectivity index (χ4n) is 2.65. The number of hydrogen-bond acceptors (Lipinski definition) is 5. The van der Waals surface area contributed by atoms with Crippen molar-refractivity contribution in [1.29, 1.82) is 0 Å². The molecule has 2 aromatic carbocycles. The zero-order valence-corrected chi connectivity index (χ0v) is 18.4. The normalized spacial score (nSPS) is 11.8. The van der Waals surface area contributed by atoms with Gasteiger partial charge in [-0.2, -0.15) is 5.10 Å². The number of carbonyl (C=O) groups excluding carboxylic acids is 2. The summed E-state index contributed by atoms with van der Waals surface area (Å²) < 4.78 is 8.05. The molecule has 9 heteroatoms. The van der Waals surface area contributed by atoms with Crippen molar-refractivity contribution in [1.82, 2.24) is 14.8 Å². The van der Waals surface area contributed by atoms with E-state index < -0.39 is 6.04 Å². The topological polar surface area (TPSA) is 98.1 Å². The van der Waals surface area contributed by atoms with Gasteiger partial charge < -0.3 is 15.4 Å². The van der Waals surface area contributed by atoms with Crippen LogP contribution in [-0.2, 0) is 4.79 Å². The van der Waals surface area contributed by atoms with Crippen molar-refractivity contribution >= 4 is 39.1 Å². The van der Waals surface area contributed by atoms with Crippen molar-refractivity contribution in [2.45, 2.75) is 32.9 Å². The molecule has 0 spiro atoms. The third kappa shape index (κ3) is 5.44. The van der Waals surface area contributed by atoms with Gasteiger partial charge in [0, 0.05) is 15.8 Å². The van der Waals surface area contributed by atoms with Crippen molar-refractivity contribution < 1.29 is 14.3 Å². The van der Waals surface area contributed by atoms with Gasteiger partial charge in [0.1, 0.15) is 24.4 Å². The van der Waals surface area contributed by atoms with Crippen LogP contribution in [0.3, 0.4) is 0 Å². The molecule has 1 aromatic heterocycles. The number of benzene rings is 2. The zero-order chi connectivity index (χ0) is 21.7. The Bertz CT molecular complexity index is 1020. The van der Waals surface area contributed by atoms with Crippen LogP contribution in [-0.4, -0.2) is 32.7 Å². The van der Waals surface area contributed by atoms with E-state index in [1.54, 1.807) is 49.4 Å². The highest BCUT2D eigenvalue weighted by atomic mass is 79.9. The quantitative estimate of drug-likeness (QED) is 0.535. The molecule has 3 rings (SSSR count). The largest absolute Gasteiger partial charge is 0.490 e. The first-order valence-corrected chi connectivity index (χ1v) is 10.2. The Balaban J connectivity index is 1.66. The van der Waals surface area contributed by atoms with E-state index in [0.29, 0.717) is 22.7 Å². The molecule has 0 saturated carbocycles. The third-order valence-corrected chi connectivity index (χ3v) is 4.67. The highest BCUT2D eigenvalue weighted by molar-refractivity contribution is 9.10. The van der Waals surface area contributed by atoms with E-state index >= 15 is 0 Å². The molecule has 0 fully saturated rings. The summed E-state index contributed by atoms with van der Waals surface area (Å²) in [4.78, 5) is 28.9. The predicted octanol–water partition coefficient (Wildman–Crippen LogP) is 4.28. The van der Waals surface area contributed by atoms with Crippen molar-refractivity contribution in [3.8, 4) is 5.75 Å². The molecule has 0 aliphatic heterocycles. The van der Waals surface area contributed by atoms with Crippen molar-refractivity contribution in [3.63, 3.8) is 0 Å². The monoisotopic (exact) mass is 471 g/mol. The fourth-order valence-corrected chi connectivity index (χ4v) is 2.99. The molecule has 30 heavy (non-hydrogen) atoms. The molecule has 2 N–H and O–H groups in total. The Morgan fingerprint density at radius 2 is 1.70 bits per heavy atom. The van der Waals surface area contributed by atoms with Crippen LogP contribution in [0, 0.1) is 0 Å². The molecule has 1 unspecified atom stereocenters. The number of nitrogens with zero attached hydrogens (tertiary/aromatic N) is 3. The van der Waals surface area contributed by atoms with E-state index in [1.165, 1.54) is 17.3 Å². The molecule has 1 atom stereocenters. The van der Waals surface area contributed by atoms with Crippen molar-refractivity contribution in [2.24, 2.45) is 0 Å². The minimum absolute atomic E-state index is 0.0614. The van der Waals surface area contributed by atoms with Gasteiger partial charge in [0.25, 0.3) is 5.91 Å². The average Bonchev–Trinajstić information content (AvgIpc) is 3.23. The van der Waals surface area contributed by atoms with Crippen LogP contribution in [0.15, 0.2) is 59.6 Å². The van der Waals surface area contributed by atoms with Crippen LogP contribution < -0.4 is 15.4 Å². The van der Waals surface area contributed by atoms with Crippen LogP contribution >= 0.6 is 15.9 Å². The molecular weight excluding hydrogens is 450 g/mol. The van der Waals surface area contributed by atoms with Gasteiger partial charge in [0.05, 0.1) is 11.7 Å². The average molecular weight is 472 g/mol. The summed E-state index contributed by atoms with van der Waals surface area (Å²) in [5.74, 6) is 0.000205. The fraction of sp³-hybridized carbons (Fsp3) is 0.238. The first-order valence-electron chi connectivity index (χ1n) is 9.36. The maximum absolute atomic E-state index is 12.7. The summed E-state index contributed by atoms with van der Waals surface area (Å²) in [6, 6.07) is 11.6. The predicted molar refractivity (Wildman–Crippen MR) is 118 cm³/mol. The minimum Gasteiger partial charge on any atom is -0.490 e. The minimum atomic E-state index is -0.497. The molecule has 0 aliphatic rings. The highest BCUT2D eigenvalue weighted by Gasteiger charge is 2.17. The number of amides is 2. The number of carbonyl (C=O) groups is 2. The number of rotatable bonds is 7. The number of anilines is 2. The maximum Gasteiger partial charge on any atom is 0.259 e. The molecule has 0 bridgehead atoms. The Labute approximate surface area is 182 Å². The van der Waals surface area contributed by atoms with Gasteiger partial charge in [0.15, 0.2) is 0 Å². The summed E-state index contributed by atoms with van der Waals surface area (Å²) in [5, 5.41) is 9.63. The summed E-state index contributed by atoms with van der Waals surface area (Å²) in [5.41, 5.74) is 1.64. The summed E-state index contributed by atoms with van der Waals surface area (Å²) in [6.07, 6.45) is 2.81. The molecule has 156 valence electrons. The lowest BCUT2D eigenvalue weighted by molar-refractivity contribution is -0.119. The molecule has 0 aliphatic carbocycles. The second kappa shape index (κ2) is 9.53. The number of halogens is 1. The Morgan fingerprint density at radius 1 is 1.03 bits per heavy atom. The van der Waals surface area contributed by atoms with Crippen LogP contribution in [0.5, 0.6) is 5.75 Å². The smallest absolute Gasteiger partial charge is 0.259 e. The molecule has 0 saturated heterocycles. The molecular formula is C21H22BrN5O3. The Morgan fingerprint density at radius 3 is 2.30 bits per heavy atom. The first-order chi connectivity index (χ1) is 14.3. The summed E-state index contributed by atoms with van der Waals surface area (Å²) in [6.45, 7) is 5.53. The van der Waals surface area contributed by atoms with Crippen LogP contribution in [0.25, 0.3) is 0 Å². The zero-order valence-electron chi connectivity index (χ0n) is 16.8. The lowest BCUT2D eigenvalue weighted by Gasteiger charge is -2.15. The van der Waals surface area contributed by atoms with E-state index in [0.717, 1.165) is 4.47 Å². The molecule has 1 heterocycles. The van der Waals surface area contributed by atoms with E-state index in [9.17, 15) is 9.59 Å². The van der Waals surface area contributed by atoms with Gasteiger partial charge in [0.2, 0.25) is 5.91 Å². The van der Waals surface area contributed by atoms with Gasteiger partial charge >= 0.3 is 0 Å². The van der Waals surface area contributed by atoms with Gasteiger partial charge in [-0.05, 0) is 63.2 Å². The SMILES string of the molecule is CC(C)Oc1cc(Br)ccc1C(=O)Nc1ccc(NC(=O)C(C)n2cncn2)cc1. The standard InChI is InChI=1S/C21H22BrN5O3/c1-13(2)30-19-10-15(22)4-9-18(19)21(29)26-17-7-5-16(6-8-17)25-20(28)14(3)27-12-23-11-24-27/h4-14H,1-3H3,(H,25,28)(H,26,29). The lowest BCUT2D eigenvalue weighted by atomic mass is 10.1. The highest BCUT2D eigenvalue weighted by Crippen LogP contribution is 2.26. The second-order valence-electron chi connectivity index (χ2n) is 6.88. The Hall–Kier alpha value is -3.20. The number of hydrogen-bond donors (Lipinski definition) is 2. The van der Waals surface area contributed by atoms with Crippen LogP contribution in [0.1, 0.15) is 37.2 Å². The van der Waals surface area contributed by atoms with Gasteiger partial charge in [-0.1, -0.05) is 15.9 Å². The van der Waals surface area contributed by atoms with Gasteiger partial charge in [-0.25, -0.2) is 9.67 Å². The third-order valence-electron chi connectivity index (χ3n) is 4.17. The van der Waals surface area contributed by atoms with E-state index in [1.807, 2.05) is 13.8 Å². The van der Waals surface area contributed by atoms with E-state index in [4.69, 9.17) is 4.74 Å². The molecule has 2 amide bonds. The molecule has 3 aromatic rings. The summed E-state index contributed by atoms with van der Waals surface area (Å²) in [7, 11) is 0. The molecule has 0 radical (unpaired) electrons. The maximum atomic E-state index is 12.7. The number of nitrogens with one attached hydrogen (secondary N) is 2. The lowest BCUT2D eigenvalue weighted by Crippen LogP contribution is -2.24. The van der Waals surface area contributed by atoms with Crippen LogP contribution in [0.4, 0.5) is 11.4 Å². The number of ether oxygens (including phenoxy) is 1. The van der Waals surface area contributed by atoms with Crippen molar-refractivity contribution in [2.75, 3.05) is 10.6 Å². The summed E-state index contributed by atoms with van der Waals surface area (Å²) >= 11 is 3.40. The van der Waals surface area contributed by atoms with E-state index in [-0.39, 0.29) is 17.9 Å². The molecule has 8 nitrogen and oxygen atoms in total. The van der Waals surface area contributed by atoms with Gasteiger partial charge in [-0.15, -0.1) is 0 Å². The van der Waals surface area contributed by atoms with Gasteiger partial charge in [-0.3, -0.25) is 9.59 Å². The number of aromatic nitrogens is 3. The van der Waals surface area contributed by atoms with E-state index in [2.05, 4.69) is 36.6 Å². The van der Waals surface area contributed by atoms with Crippen molar-refractivity contribution in [3.05, 3.63) is 65.2 Å². The second-order valence-corrected chi connectivity index (χ2v) is 7.79. The first kappa shape index (κ1) is 21.5. The Kier molecular flexibility index (Phi) is 6.83. The van der Waals surface area contributed by atoms with Crippen LogP contribution in [0.2, 0.25) is 0 Å².